The predicted octanol–water partition coefficient (Wildman–Crippen LogP) is 1.28. The molecule has 10 heteroatoms. The second-order valence-corrected chi connectivity index (χ2v) is 7.69. The second-order valence-electron chi connectivity index (χ2n) is 5.49. The summed E-state index contributed by atoms with van der Waals surface area (Å²) >= 11 is 5.82. The van der Waals surface area contributed by atoms with Crippen molar-refractivity contribution in [1.29, 1.82) is 0 Å². The number of benzene rings is 1. The highest BCUT2D eigenvalue weighted by Gasteiger charge is 2.16. The van der Waals surface area contributed by atoms with Gasteiger partial charge in [-0.1, -0.05) is 17.7 Å². The largest absolute Gasteiger partial charge is 0.345 e. The van der Waals surface area contributed by atoms with E-state index in [9.17, 15) is 13.2 Å². The van der Waals surface area contributed by atoms with Gasteiger partial charge in [0.1, 0.15) is 0 Å². The monoisotopic (exact) mass is 393 g/mol. The van der Waals surface area contributed by atoms with Crippen molar-refractivity contribution in [1.82, 2.24) is 24.1 Å². The van der Waals surface area contributed by atoms with Gasteiger partial charge in [0.2, 0.25) is 10.0 Å². The summed E-state index contributed by atoms with van der Waals surface area (Å²) in [5.74, 6) is 0.459. The Morgan fingerprint density at radius 3 is 2.73 bits per heavy atom. The maximum absolute atomic E-state index is 12.3. The van der Waals surface area contributed by atoms with Crippen LogP contribution in [-0.2, 0) is 23.6 Å². The highest BCUT2D eigenvalue weighted by Crippen LogP contribution is 2.15. The number of nitrogens with zero attached hydrogens (tertiary/aromatic N) is 4. The number of rotatable bonds is 6. The maximum atomic E-state index is 12.3. The Balaban J connectivity index is 1.74. The van der Waals surface area contributed by atoms with E-state index >= 15 is 0 Å². The number of aromatic nitrogens is 4. The van der Waals surface area contributed by atoms with Crippen LogP contribution >= 0.6 is 11.6 Å². The lowest BCUT2D eigenvalue weighted by molar-refractivity contribution is 0.551. The van der Waals surface area contributed by atoms with Gasteiger partial charge >= 0.3 is 5.69 Å². The fraction of sp³-hybridized carbons (Fsp3) is 0.188. The molecule has 0 saturated carbocycles. The molecule has 1 aromatic carbocycles. The molecule has 0 unspecified atom stereocenters. The Hall–Kier alpha value is -2.49. The van der Waals surface area contributed by atoms with E-state index in [1.54, 1.807) is 43.7 Å². The highest BCUT2D eigenvalue weighted by molar-refractivity contribution is 7.89. The fourth-order valence-electron chi connectivity index (χ4n) is 2.38. The standard InChI is InChI=1S/C16H16ClN5O3S/c1-21-15(12-4-3-7-18-11-12)20-22(16(21)23)9-8-19-26(24,25)14-6-2-5-13(17)10-14/h2-7,10-11,19H,8-9H2,1H3. The van der Waals surface area contributed by atoms with Gasteiger partial charge in [-0.2, -0.15) is 0 Å². The van der Waals surface area contributed by atoms with Gasteiger partial charge in [0.15, 0.2) is 5.82 Å². The van der Waals surface area contributed by atoms with Crippen molar-refractivity contribution >= 4 is 21.6 Å². The number of sulfonamides is 1. The summed E-state index contributed by atoms with van der Waals surface area (Å²) in [4.78, 5) is 16.4. The highest BCUT2D eigenvalue weighted by atomic mass is 35.5. The van der Waals surface area contributed by atoms with Crippen LogP contribution in [0.5, 0.6) is 0 Å². The lowest BCUT2D eigenvalue weighted by Crippen LogP contribution is -2.31. The van der Waals surface area contributed by atoms with Gasteiger partial charge in [-0.3, -0.25) is 9.55 Å². The average Bonchev–Trinajstić information content (AvgIpc) is 2.91. The Bertz CT molecular complexity index is 1080. The third-order valence-electron chi connectivity index (χ3n) is 3.68. The predicted molar refractivity (Wildman–Crippen MR) is 97.3 cm³/mol. The molecule has 1 N–H and O–H groups in total. The van der Waals surface area contributed by atoms with Crippen molar-refractivity contribution in [3.05, 3.63) is 64.3 Å². The Labute approximate surface area is 155 Å². The van der Waals surface area contributed by atoms with Crippen molar-refractivity contribution in [2.45, 2.75) is 11.4 Å². The summed E-state index contributed by atoms with van der Waals surface area (Å²) in [6, 6.07) is 9.49. The molecule has 2 heterocycles. The summed E-state index contributed by atoms with van der Waals surface area (Å²) in [5.41, 5.74) is 0.358. The SMILES string of the molecule is Cn1c(-c2cccnc2)nn(CCNS(=O)(=O)c2cccc(Cl)c2)c1=O. The first-order valence-corrected chi connectivity index (χ1v) is 9.54. The average molecular weight is 394 g/mol. The number of pyridine rings is 1. The summed E-state index contributed by atoms with van der Waals surface area (Å²) in [6.07, 6.45) is 3.23. The fourth-order valence-corrected chi connectivity index (χ4v) is 3.70. The number of halogens is 1. The molecule has 3 aromatic rings. The molecule has 0 radical (unpaired) electrons. The van der Waals surface area contributed by atoms with E-state index < -0.39 is 10.0 Å². The Morgan fingerprint density at radius 2 is 2.04 bits per heavy atom. The van der Waals surface area contributed by atoms with Crippen LogP contribution in [0.1, 0.15) is 0 Å². The third kappa shape index (κ3) is 3.85. The first kappa shape index (κ1) is 18.3. The lowest BCUT2D eigenvalue weighted by Gasteiger charge is -2.06. The summed E-state index contributed by atoms with van der Waals surface area (Å²) in [7, 11) is -2.11. The van der Waals surface area contributed by atoms with Crippen LogP contribution in [0.4, 0.5) is 0 Å². The summed E-state index contributed by atoms with van der Waals surface area (Å²) < 4.78 is 29.6. The number of hydrogen-bond donors (Lipinski definition) is 1. The number of hydrogen-bond acceptors (Lipinski definition) is 5. The zero-order chi connectivity index (χ0) is 18.7. The first-order chi connectivity index (χ1) is 12.4. The molecule has 2 aromatic heterocycles. The van der Waals surface area contributed by atoms with Crippen LogP contribution in [0, 0.1) is 0 Å². The molecule has 3 rings (SSSR count). The third-order valence-corrected chi connectivity index (χ3v) is 5.38. The van der Waals surface area contributed by atoms with E-state index in [1.165, 1.54) is 21.4 Å². The topological polar surface area (TPSA) is 98.9 Å². The minimum Gasteiger partial charge on any atom is -0.278 e. The van der Waals surface area contributed by atoms with E-state index in [-0.39, 0.29) is 23.7 Å². The van der Waals surface area contributed by atoms with Crippen LogP contribution in [0.2, 0.25) is 5.02 Å². The van der Waals surface area contributed by atoms with Crippen molar-refractivity contribution in [2.24, 2.45) is 7.05 Å². The van der Waals surface area contributed by atoms with Gasteiger partial charge in [0.25, 0.3) is 0 Å². The van der Waals surface area contributed by atoms with E-state index in [2.05, 4.69) is 14.8 Å². The molecule has 0 atom stereocenters. The molecule has 0 aliphatic rings. The molecule has 0 aliphatic heterocycles. The first-order valence-electron chi connectivity index (χ1n) is 7.68. The molecular weight excluding hydrogens is 378 g/mol. The van der Waals surface area contributed by atoms with Gasteiger partial charge < -0.3 is 0 Å². The van der Waals surface area contributed by atoms with Crippen molar-refractivity contribution in [2.75, 3.05) is 6.54 Å². The summed E-state index contributed by atoms with van der Waals surface area (Å²) in [5, 5.41) is 4.59. The molecule has 0 fully saturated rings. The Morgan fingerprint density at radius 1 is 1.23 bits per heavy atom. The Kier molecular flexibility index (Phi) is 5.21. The van der Waals surface area contributed by atoms with Crippen LogP contribution in [-0.4, -0.2) is 34.3 Å². The quantitative estimate of drug-likeness (QED) is 0.680. The second kappa shape index (κ2) is 7.40. The molecule has 8 nitrogen and oxygen atoms in total. The van der Waals surface area contributed by atoms with Crippen molar-refractivity contribution in [3.8, 4) is 11.4 Å². The van der Waals surface area contributed by atoms with E-state index in [0.29, 0.717) is 16.4 Å². The van der Waals surface area contributed by atoms with Gasteiger partial charge in [-0.15, -0.1) is 5.10 Å². The zero-order valence-electron chi connectivity index (χ0n) is 13.8. The smallest absolute Gasteiger partial charge is 0.278 e. The van der Waals surface area contributed by atoms with Gasteiger partial charge in [-0.25, -0.2) is 22.6 Å². The number of nitrogens with one attached hydrogen (secondary N) is 1. The minimum atomic E-state index is -3.72. The molecule has 26 heavy (non-hydrogen) atoms. The molecule has 136 valence electrons. The maximum Gasteiger partial charge on any atom is 0.345 e. The van der Waals surface area contributed by atoms with E-state index in [0.717, 1.165) is 0 Å². The van der Waals surface area contributed by atoms with E-state index in [4.69, 9.17) is 11.6 Å². The van der Waals surface area contributed by atoms with Gasteiger partial charge in [-0.05, 0) is 30.3 Å². The van der Waals surface area contributed by atoms with E-state index in [1.807, 2.05) is 0 Å². The zero-order valence-corrected chi connectivity index (χ0v) is 15.4. The van der Waals surface area contributed by atoms with Crippen LogP contribution in [0.3, 0.4) is 0 Å². The van der Waals surface area contributed by atoms with Crippen LogP contribution in [0.15, 0.2) is 58.5 Å². The van der Waals surface area contributed by atoms with Crippen molar-refractivity contribution in [3.63, 3.8) is 0 Å². The summed E-state index contributed by atoms with van der Waals surface area (Å²) in [6.45, 7) is 0.102. The van der Waals surface area contributed by atoms with Crippen LogP contribution < -0.4 is 10.4 Å². The molecule has 0 bridgehead atoms. The van der Waals surface area contributed by atoms with Gasteiger partial charge in [0.05, 0.1) is 11.4 Å². The van der Waals surface area contributed by atoms with Gasteiger partial charge in [0, 0.05) is 36.6 Å². The molecule has 0 aliphatic carbocycles. The van der Waals surface area contributed by atoms with Crippen LogP contribution in [0.25, 0.3) is 11.4 Å². The normalized spacial score (nSPS) is 11.6. The minimum absolute atomic E-state index is 0.0121. The van der Waals surface area contributed by atoms with Crippen molar-refractivity contribution < 1.29 is 8.42 Å². The molecule has 0 spiro atoms. The molecular formula is C16H16ClN5O3S. The lowest BCUT2D eigenvalue weighted by atomic mass is 10.3. The molecule has 0 saturated heterocycles. The molecule has 0 amide bonds.